The maximum absolute atomic E-state index is 13.4. The Morgan fingerprint density at radius 2 is 2.08 bits per heavy atom. The Labute approximate surface area is 278 Å². The number of carbonyl (C=O) groups excluding carboxylic acids is 2. The van der Waals surface area contributed by atoms with Crippen LogP contribution in [0.3, 0.4) is 0 Å². The summed E-state index contributed by atoms with van der Waals surface area (Å²) in [5, 5.41) is 18.1. The quantitative estimate of drug-likeness (QED) is 0.0507. The van der Waals surface area contributed by atoms with Crippen LogP contribution in [0, 0.1) is 0 Å². The summed E-state index contributed by atoms with van der Waals surface area (Å²) in [4.78, 5) is 47.7. The monoisotopic (exact) mass is 707 g/mol. The number of carbonyl (C=O) groups is 3. The van der Waals surface area contributed by atoms with E-state index in [0.29, 0.717) is 23.8 Å². The molecule has 2 aliphatic heterocycles. The number of carboxylic acids is 1. The standard InChI is InChI=1S/C28H34N8O10S2/c1-28(2)23(25(38)36(28)46-48(41,42)43)32-24(37)21(18-14-47-27(30)31-18)33-45-22(26(39)40)20-8-6-16-11-15(5-7-19(16)44-20)17-12-34(3)35(13-17)10-4-9-29/h5,7,11-14,20,22-23H,4,6,8-10,29H2,1-3H3,(H4-,30,31,32,37,39,40,41,42,43)/p+1/b33-21-/t20-,22-,23-/m1/s1. The van der Waals surface area contributed by atoms with Crippen molar-refractivity contribution in [3.05, 3.63) is 47.2 Å². The number of anilines is 1. The molecule has 3 aromatic rings. The van der Waals surface area contributed by atoms with E-state index < -0.39 is 57.7 Å². The number of thiazole rings is 1. The normalized spacial score (nSPS) is 19.6. The fourth-order valence-electron chi connectivity index (χ4n) is 5.39. The highest BCUT2D eigenvalue weighted by Crippen LogP contribution is 2.34. The lowest BCUT2D eigenvalue weighted by molar-refractivity contribution is -0.753. The number of hydrogen-bond acceptors (Lipinski definition) is 13. The number of nitrogen functional groups attached to an aromatic ring is 1. The highest BCUT2D eigenvalue weighted by Gasteiger charge is 2.58. The molecule has 5 rings (SSSR count). The molecule has 7 N–H and O–H groups in total. The molecule has 0 spiro atoms. The van der Waals surface area contributed by atoms with E-state index in [4.69, 9.17) is 25.6 Å². The number of β-lactam (4-membered cyclic amide) rings is 1. The van der Waals surface area contributed by atoms with Crippen molar-refractivity contribution in [3.8, 4) is 16.9 Å². The maximum atomic E-state index is 13.4. The minimum atomic E-state index is -5.02. The molecule has 4 heterocycles. The zero-order valence-corrected chi connectivity index (χ0v) is 27.7. The third kappa shape index (κ3) is 7.26. The summed E-state index contributed by atoms with van der Waals surface area (Å²) in [6.45, 7) is 4.11. The molecule has 2 aromatic heterocycles. The van der Waals surface area contributed by atoms with Crippen LogP contribution in [0.5, 0.6) is 5.75 Å². The molecule has 1 saturated heterocycles. The number of ether oxygens (including phenoxy) is 1. The van der Waals surface area contributed by atoms with Gasteiger partial charge in [-0.15, -0.1) is 20.3 Å². The Morgan fingerprint density at radius 1 is 1.33 bits per heavy atom. The molecule has 1 aromatic carbocycles. The van der Waals surface area contributed by atoms with Gasteiger partial charge in [0.2, 0.25) is 6.20 Å². The average Bonchev–Trinajstić information content (AvgIpc) is 3.63. The van der Waals surface area contributed by atoms with E-state index in [0.717, 1.165) is 41.0 Å². The highest BCUT2D eigenvalue weighted by molar-refractivity contribution is 7.80. The molecule has 0 unspecified atom stereocenters. The van der Waals surface area contributed by atoms with Crippen molar-refractivity contribution in [2.75, 3.05) is 12.3 Å². The number of hydroxylamine groups is 2. The first kappa shape index (κ1) is 34.7. The zero-order chi connectivity index (χ0) is 35.0. The first-order valence-electron chi connectivity index (χ1n) is 14.6. The molecular formula is C28H35N8O10S2+. The molecule has 258 valence electrons. The van der Waals surface area contributed by atoms with Gasteiger partial charge in [0.1, 0.15) is 23.6 Å². The zero-order valence-electron chi connectivity index (χ0n) is 26.1. The molecule has 3 atom stereocenters. The Morgan fingerprint density at radius 3 is 2.71 bits per heavy atom. The van der Waals surface area contributed by atoms with E-state index in [2.05, 4.69) is 24.4 Å². The molecule has 0 radical (unpaired) electrons. The number of nitrogens with two attached hydrogens (primary N) is 2. The summed E-state index contributed by atoms with van der Waals surface area (Å²) >= 11 is 0.974. The van der Waals surface area contributed by atoms with Crippen LogP contribution in [0.4, 0.5) is 5.13 Å². The SMILES string of the molecule is C[n+]1cc(-c2ccc3c(c2)CC[C@H]([C@@H](O/N=C(\C(=O)N[C@@H]2C(=O)N(OS(=O)(=O)O)C2(C)C)c2csc(N)n2)C(=O)O)O3)cn1CCCN. The van der Waals surface area contributed by atoms with Crippen LogP contribution in [-0.4, -0.2) is 86.6 Å². The van der Waals surface area contributed by atoms with Crippen LogP contribution in [-0.2, 0) is 53.9 Å². The number of aliphatic carboxylic acids is 1. The fraction of sp³-hybridized carbons (Fsp3) is 0.429. The molecule has 20 heteroatoms. The van der Waals surface area contributed by atoms with Gasteiger partial charge in [0.05, 0.1) is 23.8 Å². The molecule has 48 heavy (non-hydrogen) atoms. The number of rotatable bonds is 13. The molecule has 2 aliphatic rings. The van der Waals surface area contributed by atoms with E-state index in [1.807, 2.05) is 36.3 Å². The number of aromatic nitrogens is 3. The molecule has 0 bridgehead atoms. The Bertz CT molecular complexity index is 1870. The number of nitrogens with one attached hydrogen (secondary N) is 1. The van der Waals surface area contributed by atoms with Crippen LogP contribution in [0.2, 0.25) is 0 Å². The number of nitrogens with zero attached hydrogens (tertiary/aromatic N) is 5. The van der Waals surface area contributed by atoms with Crippen molar-refractivity contribution in [2.45, 2.75) is 63.4 Å². The molecule has 18 nitrogen and oxygen atoms in total. The lowest BCUT2D eigenvalue weighted by Gasteiger charge is -2.50. The number of amides is 2. The van der Waals surface area contributed by atoms with E-state index in [1.54, 1.807) is 6.07 Å². The number of aryl methyl sites for hydroxylation is 3. The minimum Gasteiger partial charge on any atom is -0.485 e. The van der Waals surface area contributed by atoms with E-state index in [1.165, 1.54) is 19.2 Å². The molecule has 0 saturated carbocycles. The number of carboxylic acid groups (broad SMARTS) is 1. The smallest absolute Gasteiger partial charge is 0.418 e. The summed E-state index contributed by atoms with van der Waals surface area (Å²) in [5.41, 5.74) is 12.2. The van der Waals surface area contributed by atoms with Crippen molar-refractivity contribution >= 4 is 50.4 Å². The van der Waals surface area contributed by atoms with E-state index >= 15 is 0 Å². The second-order valence-corrected chi connectivity index (χ2v) is 13.6. The number of hydrogen-bond donors (Lipinski definition) is 5. The Hall–Kier alpha value is -4.63. The predicted molar refractivity (Wildman–Crippen MR) is 169 cm³/mol. The van der Waals surface area contributed by atoms with Gasteiger partial charge in [0, 0.05) is 5.38 Å². The molecule has 1 fully saturated rings. The third-order valence-corrected chi connectivity index (χ3v) is 8.93. The van der Waals surface area contributed by atoms with E-state index in [-0.39, 0.29) is 17.2 Å². The molecular weight excluding hydrogens is 672 g/mol. The second-order valence-electron chi connectivity index (χ2n) is 11.7. The minimum absolute atomic E-state index is 0.0672. The van der Waals surface area contributed by atoms with Gasteiger partial charge in [-0.3, -0.25) is 14.1 Å². The van der Waals surface area contributed by atoms with E-state index in [9.17, 15) is 27.9 Å². The van der Waals surface area contributed by atoms with Crippen LogP contribution < -0.4 is 26.2 Å². The maximum Gasteiger partial charge on any atom is 0.418 e. The Balaban J connectivity index is 1.32. The topological polar surface area (TPSA) is 255 Å². The second kappa shape index (κ2) is 13.5. The van der Waals surface area contributed by atoms with Gasteiger partial charge in [-0.2, -0.15) is 18.2 Å². The predicted octanol–water partition coefficient (Wildman–Crippen LogP) is -0.225. The summed E-state index contributed by atoms with van der Waals surface area (Å²) in [7, 11) is -3.07. The average molecular weight is 708 g/mol. The Kier molecular flexibility index (Phi) is 9.74. The van der Waals surface area contributed by atoms with Crippen molar-refractivity contribution in [3.63, 3.8) is 0 Å². The molecule has 2 amide bonds. The van der Waals surface area contributed by atoms with Crippen molar-refractivity contribution in [1.29, 1.82) is 0 Å². The van der Waals surface area contributed by atoms with Crippen molar-refractivity contribution < 1.29 is 51.0 Å². The summed E-state index contributed by atoms with van der Waals surface area (Å²) < 4.78 is 45.7. The van der Waals surface area contributed by atoms with Crippen molar-refractivity contribution in [2.24, 2.45) is 17.9 Å². The van der Waals surface area contributed by atoms with Gasteiger partial charge in [0.25, 0.3) is 17.9 Å². The van der Waals surface area contributed by atoms with Crippen LogP contribution in [0.1, 0.15) is 37.9 Å². The van der Waals surface area contributed by atoms with Gasteiger partial charge in [0.15, 0.2) is 17.9 Å². The van der Waals surface area contributed by atoms with Gasteiger partial charge >= 0.3 is 16.4 Å². The van der Waals surface area contributed by atoms with Gasteiger partial charge in [-0.1, -0.05) is 11.2 Å². The lowest BCUT2D eigenvalue weighted by atomic mass is 9.84. The largest absolute Gasteiger partial charge is 0.485 e. The van der Waals surface area contributed by atoms with Gasteiger partial charge in [-0.25, -0.2) is 9.78 Å². The van der Waals surface area contributed by atoms with Crippen molar-refractivity contribution in [1.82, 2.24) is 20.0 Å². The highest BCUT2D eigenvalue weighted by atomic mass is 32.3. The summed E-state index contributed by atoms with van der Waals surface area (Å²) in [6.07, 6.45) is 2.98. The first-order chi connectivity index (χ1) is 22.6. The van der Waals surface area contributed by atoms with Crippen LogP contribution in [0.15, 0.2) is 41.1 Å². The molecule has 0 aliphatic carbocycles. The number of benzene rings is 1. The number of oxime groups is 1. The lowest BCUT2D eigenvalue weighted by Crippen LogP contribution is -2.76. The van der Waals surface area contributed by atoms with Gasteiger partial charge < -0.3 is 31.5 Å². The summed E-state index contributed by atoms with van der Waals surface area (Å²) in [6, 6.07) is 4.31. The number of fused-ring (bicyclic) bond motifs is 1. The third-order valence-electron chi connectivity index (χ3n) is 7.92. The van der Waals surface area contributed by atoms with Crippen LogP contribution >= 0.6 is 11.3 Å². The fourth-order valence-corrected chi connectivity index (χ4v) is 6.39. The first-order valence-corrected chi connectivity index (χ1v) is 16.9. The van der Waals surface area contributed by atoms with Crippen LogP contribution in [0.25, 0.3) is 11.1 Å². The summed E-state index contributed by atoms with van der Waals surface area (Å²) in [5.74, 6) is -2.91. The van der Waals surface area contributed by atoms with Gasteiger partial charge in [-0.05, 0) is 62.9 Å².